The Balaban J connectivity index is 2.06. The number of hydrogen-bond donors (Lipinski definition) is 1. The predicted molar refractivity (Wildman–Crippen MR) is 85.1 cm³/mol. The van der Waals surface area contributed by atoms with Gasteiger partial charge in [-0.1, -0.05) is 26.7 Å². The molecule has 2 fully saturated rings. The molecule has 118 valence electrons. The zero-order valence-electron chi connectivity index (χ0n) is 14.0. The van der Waals surface area contributed by atoms with Crippen LogP contribution < -0.4 is 5.32 Å². The van der Waals surface area contributed by atoms with E-state index in [1.54, 1.807) is 0 Å². The highest BCUT2D eigenvalue weighted by Crippen LogP contribution is 2.41. The van der Waals surface area contributed by atoms with E-state index in [9.17, 15) is 0 Å². The maximum atomic E-state index is 5.68. The molecule has 1 N–H and O–H groups in total. The molecule has 1 aliphatic carbocycles. The van der Waals surface area contributed by atoms with Crippen molar-refractivity contribution < 1.29 is 4.74 Å². The lowest BCUT2D eigenvalue weighted by Crippen LogP contribution is -2.58. The van der Waals surface area contributed by atoms with Crippen molar-refractivity contribution in [3.63, 3.8) is 0 Å². The van der Waals surface area contributed by atoms with Gasteiger partial charge < -0.3 is 10.1 Å². The number of nitrogens with zero attached hydrogens (tertiary/aromatic N) is 1. The highest BCUT2D eigenvalue weighted by atomic mass is 16.5. The first-order valence-electron chi connectivity index (χ1n) is 8.51. The van der Waals surface area contributed by atoms with E-state index < -0.39 is 0 Å². The summed E-state index contributed by atoms with van der Waals surface area (Å²) in [6, 6.07) is 0. The first-order valence-corrected chi connectivity index (χ1v) is 8.51. The molecule has 1 aliphatic heterocycles. The molecule has 2 unspecified atom stereocenters. The molecule has 0 amide bonds. The zero-order valence-corrected chi connectivity index (χ0v) is 14.0. The zero-order chi connectivity index (χ0) is 14.6. The van der Waals surface area contributed by atoms with E-state index in [4.69, 9.17) is 4.74 Å². The van der Waals surface area contributed by atoms with Crippen molar-refractivity contribution in [1.82, 2.24) is 10.2 Å². The van der Waals surface area contributed by atoms with Crippen LogP contribution in [0.25, 0.3) is 0 Å². The predicted octanol–water partition coefficient (Wildman–Crippen LogP) is 2.90. The third-order valence-corrected chi connectivity index (χ3v) is 5.28. The van der Waals surface area contributed by atoms with Gasteiger partial charge in [-0.3, -0.25) is 4.90 Å². The molecule has 0 aromatic carbocycles. The molecule has 0 aromatic rings. The summed E-state index contributed by atoms with van der Waals surface area (Å²) >= 11 is 0. The Kier molecular flexibility index (Phi) is 5.49. The summed E-state index contributed by atoms with van der Waals surface area (Å²) < 4.78 is 5.68. The van der Waals surface area contributed by atoms with E-state index in [1.807, 2.05) is 0 Å². The molecular weight excluding hydrogens is 248 g/mol. The molecule has 0 radical (unpaired) electrons. The van der Waals surface area contributed by atoms with E-state index in [0.717, 1.165) is 32.2 Å². The van der Waals surface area contributed by atoms with Crippen molar-refractivity contribution in [3.05, 3.63) is 0 Å². The smallest absolute Gasteiger partial charge is 0.0645 e. The van der Waals surface area contributed by atoms with Crippen LogP contribution >= 0.6 is 0 Å². The van der Waals surface area contributed by atoms with E-state index in [2.05, 4.69) is 37.9 Å². The molecule has 20 heavy (non-hydrogen) atoms. The van der Waals surface area contributed by atoms with E-state index in [0.29, 0.717) is 5.41 Å². The molecule has 2 atom stereocenters. The topological polar surface area (TPSA) is 24.5 Å². The van der Waals surface area contributed by atoms with Crippen LogP contribution in [0.3, 0.4) is 0 Å². The summed E-state index contributed by atoms with van der Waals surface area (Å²) in [6.07, 6.45) is 5.59. The first kappa shape index (κ1) is 16.3. The van der Waals surface area contributed by atoms with Gasteiger partial charge >= 0.3 is 0 Å². The van der Waals surface area contributed by atoms with Crippen molar-refractivity contribution in [3.8, 4) is 0 Å². The number of hydrogen-bond acceptors (Lipinski definition) is 3. The van der Waals surface area contributed by atoms with Crippen molar-refractivity contribution in [2.45, 2.75) is 58.9 Å². The fraction of sp³-hybridized carbons (Fsp3) is 1.00. The highest BCUT2D eigenvalue weighted by Gasteiger charge is 2.40. The van der Waals surface area contributed by atoms with Gasteiger partial charge in [-0.05, 0) is 44.6 Å². The maximum Gasteiger partial charge on any atom is 0.0645 e. The maximum absolute atomic E-state index is 5.68. The molecule has 0 bridgehead atoms. The Bertz CT molecular complexity index is 305. The van der Waals surface area contributed by atoms with Gasteiger partial charge in [0.25, 0.3) is 0 Å². The number of nitrogens with one attached hydrogen (secondary N) is 1. The van der Waals surface area contributed by atoms with Crippen molar-refractivity contribution in [2.24, 2.45) is 11.3 Å². The molecule has 0 aromatic heterocycles. The lowest BCUT2D eigenvalue weighted by Gasteiger charge is -2.49. The van der Waals surface area contributed by atoms with Gasteiger partial charge in [-0.15, -0.1) is 0 Å². The van der Waals surface area contributed by atoms with Gasteiger partial charge in [0.05, 0.1) is 13.2 Å². The second-order valence-electron chi connectivity index (χ2n) is 7.77. The third-order valence-electron chi connectivity index (χ3n) is 5.28. The molecule has 1 saturated heterocycles. The summed E-state index contributed by atoms with van der Waals surface area (Å²) in [4.78, 5) is 2.69. The van der Waals surface area contributed by atoms with Gasteiger partial charge in [0.1, 0.15) is 0 Å². The molecule has 2 rings (SSSR count). The number of morpholine rings is 1. The van der Waals surface area contributed by atoms with Crippen LogP contribution in [0.15, 0.2) is 0 Å². The molecule has 3 nitrogen and oxygen atoms in total. The SMILES string of the molecule is CCNCC1(CN2CCOCC2(C)C)CCCC(C)C1. The molecule has 3 heteroatoms. The van der Waals surface area contributed by atoms with Crippen LogP contribution in [0.5, 0.6) is 0 Å². The van der Waals surface area contributed by atoms with Gasteiger partial charge in [-0.25, -0.2) is 0 Å². The van der Waals surface area contributed by atoms with Gasteiger partial charge in [0.2, 0.25) is 0 Å². The Morgan fingerprint density at radius 1 is 1.35 bits per heavy atom. The van der Waals surface area contributed by atoms with E-state index in [-0.39, 0.29) is 5.54 Å². The molecule has 2 aliphatic rings. The summed E-state index contributed by atoms with van der Waals surface area (Å²) in [6.45, 7) is 15.7. The van der Waals surface area contributed by atoms with E-state index in [1.165, 1.54) is 38.8 Å². The van der Waals surface area contributed by atoms with Crippen LogP contribution in [0.4, 0.5) is 0 Å². The molecular formula is C17H34N2O. The minimum Gasteiger partial charge on any atom is -0.378 e. The number of ether oxygens (including phenoxy) is 1. The average Bonchev–Trinajstić information content (AvgIpc) is 2.39. The third kappa shape index (κ3) is 3.96. The molecule has 1 heterocycles. The molecule has 0 spiro atoms. The summed E-state index contributed by atoms with van der Waals surface area (Å²) in [5.41, 5.74) is 0.667. The minimum absolute atomic E-state index is 0.193. The molecule has 1 saturated carbocycles. The largest absolute Gasteiger partial charge is 0.378 e. The standard InChI is InChI=1S/C17H34N2O/c1-5-18-12-17(8-6-7-15(2)11-17)13-19-9-10-20-14-16(19,3)4/h15,18H,5-14H2,1-4H3. The second kappa shape index (κ2) is 6.76. The summed E-state index contributed by atoms with van der Waals surface area (Å²) in [5.74, 6) is 0.881. The van der Waals surface area contributed by atoms with Gasteiger partial charge in [-0.2, -0.15) is 0 Å². The van der Waals surface area contributed by atoms with Crippen molar-refractivity contribution >= 4 is 0 Å². The van der Waals surface area contributed by atoms with E-state index >= 15 is 0 Å². The number of rotatable bonds is 5. The Morgan fingerprint density at radius 2 is 2.15 bits per heavy atom. The fourth-order valence-electron chi connectivity index (χ4n) is 4.11. The Labute approximate surface area is 125 Å². The second-order valence-corrected chi connectivity index (χ2v) is 7.77. The fourth-order valence-corrected chi connectivity index (χ4v) is 4.11. The normalized spacial score (nSPS) is 35.1. The summed E-state index contributed by atoms with van der Waals surface area (Å²) in [7, 11) is 0. The van der Waals surface area contributed by atoms with Crippen molar-refractivity contribution in [2.75, 3.05) is 39.4 Å². The van der Waals surface area contributed by atoms with Crippen LogP contribution in [-0.4, -0.2) is 49.8 Å². The monoisotopic (exact) mass is 282 g/mol. The Morgan fingerprint density at radius 3 is 2.80 bits per heavy atom. The lowest BCUT2D eigenvalue weighted by atomic mass is 9.69. The van der Waals surface area contributed by atoms with Crippen LogP contribution in [0, 0.1) is 11.3 Å². The van der Waals surface area contributed by atoms with Crippen LogP contribution in [-0.2, 0) is 4.74 Å². The highest BCUT2D eigenvalue weighted by molar-refractivity contribution is 4.94. The average molecular weight is 282 g/mol. The van der Waals surface area contributed by atoms with Crippen LogP contribution in [0.1, 0.15) is 53.4 Å². The quantitative estimate of drug-likeness (QED) is 0.839. The van der Waals surface area contributed by atoms with Crippen LogP contribution in [0.2, 0.25) is 0 Å². The Hall–Kier alpha value is -0.120. The summed E-state index contributed by atoms with van der Waals surface area (Å²) in [5, 5.41) is 3.64. The minimum atomic E-state index is 0.193. The van der Waals surface area contributed by atoms with Crippen molar-refractivity contribution in [1.29, 1.82) is 0 Å². The lowest BCUT2D eigenvalue weighted by molar-refractivity contribution is -0.0750. The van der Waals surface area contributed by atoms with Gasteiger partial charge in [0.15, 0.2) is 0 Å². The first-order chi connectivity index (χ1) is 9.47. The van der Waals surface area contributed by atoms with Gasteiger partial charge in [0, 0.05) is 25.2 Å².